The molecule has 9 heteroatoms. The van der Waals surface area contributed by atoms with E-state index in [9.17, 15) is 19.1 Å². The van der Waals surface area contributed by atoms with Crippen molar-refractivity contribution in [1.82, 2.24) is 24.4 Å². The number of amides is 2. The number of benzene rings is 1. The SMILES string of the molecule is CC(C)c1cc(-c2ccc(F)cc2)nn2cc(C(=O)N3CCN(C(=O)C(C)(C)O)CC3(C)C)nc12. The monoisotopic (exact) mass is 481 g/mol. The predicted molar refractivity (Wildman–Crippen MR) is 130 cm³/mol. The average Bonchev–Trinajstić information content (AvgIpc) is 3.20. The molecule has 1 fully saturated rings. The zero-order valence-electron chi connectivity index (χ0n) is 21.0. The van der Waals surface area contributed by atoms with E-state index >= 15 is 0 Å². The minimum absolute atomic E-state index is 0.123. The molecular formula is C26H32FN5O3. The molecule has 0 aliphatic carbocycles. The van der Waals surface area contributed by atoms with Gasteiger partial charge in [0.05, 0.1) is 17.4 Å². The number of fused-ring (bicyclic) bond motifs is 1. The number of carbonyl (C=O) groups excluding carboxylic acids is 2. The Morgan fingerprint density at radius 1 is 1.14 bits per heavy atom. The molecule has 3 heterocycles. The Labute approximate surface area is 204 Å². The molecular weight excluding hydrogens is 449 g/mol. The van der Waals surface area contributed by atoms with Gasteiger partial charge < -0.3 is 14.9 Å². The fraction of sp³-hybridized carbons (Fsp3) is 0.462. The normalized spacial score (nSPS) is 16.3. The van der Waals surface area contributed by atoms with Gasteiger partial charge in [-0.1, -0.05) is 13.8 Å². The maximum absolute atomic E-state index is 13.6. The van der Waals surface area contributed by atoms with Crippen LogP contribution < -0.4 is 0 Å². The number of hydrogen-bond donors (Lipinski definition) is 1. The van der Waals surface area contributed by atoms with E-state index in [1.807, 2.05) is 33.8 Å². The molecule has 2 aromatic heterocycles. The van der Waals surface area contributed by atoms with Crippen molar-refractivity contribution >= 4 is 17.5 Å². The summed E-state index contributed by atoms with van der Waals surface area (Å²) in [4.78, 5) is 34.1. The van der Waals surface area contributed by atoms with Gasteiger partial charge in [-0.2, -0.15) is 5.10 Å². The first kappa shape index (κ1) is 24.8. The number of carbonyl (C=O) groups is 2. The molecule has 0 spiro atoms. The third-order valence-electron chi connectivity index (χ3n) is 6.39. The van der Waals surface area contributed by atoms with Crippen LogP contribution in [0.4, 0.5) is 4.39 Å². The van der Waals surface area contributed by atoms with Crippen molar-refractivity contribution in [2.45, 2.75) is 58.6 Å². The number of aliphatic hydroxyl groups is 1. The van der Waals surface area contributed by atoms with Gasteiger partial charge in [-0.25, -0.2) is 13.9 Å². The third-order valence-corrected chi connectivity index (χ3v) is 6.39. The lowest BCUT2D eigenvalue weighted by atomic mass is 9.96. The van der Waals surface area contributed by atoms with Crippen LogP contribution in [-0.2, 0) is 4.79 Å². The lowest BCUT2D eigenvalue weighted by Gasteiger charge is -2.47. The molecule has 2 amide bonds. The van der Waals surface area contributed by atoms with Crippen LogP contribution >= 0.6 is 0 Å². The molecule has 3 aromatic rings. The van der Waals surface area contributed by atoms with Gasteiger partial charge in [0.2, 0.25) is 0 Å². The van der Waals surface area contributed by atoms with Gasteiger partial charge in [0, 0.05) is 30.8 Å². The second-order valence-corrected chi connectivity index (χ2v) is 10.6. The maximum atomic E-state index is 13.6. The second-order valence-electron chi connectivity index (χ2n) is 10.6. The van der Waals surface area contributed by atoms with Crippen LogP contribution in [0.25, 0.3) is 16.9 Å². The Morgan fingerprint density at radius 3 is 2.37 bits per heavy atom. The summed E-state index contributed by atoms with van der Waals surface area (Å²) >= 11 is 0. The molecule has 0 bridgehead atoms. The number of rotatable bonds is 4. The molecule has 35 heavy (non-hydrogen) atoms. The highest BCUT2D eigenvalue weighted by molar-refractivity contribution is 5.94. The summed E-state index contributed by atoms with van der Waals surface area (Å²) in [7, 11) is 0. The summed E-state index contributed by atoms with van der Waals surface area (Å²) < 4.78 is 15.0. The highest BCUT2D eigenvalue weighted by atomic mass is 19.1. The van der Waals surface area contributed by atoms with E-state index in [2.05, 4.69) is 10.1 Å². The highest BCUT2D eigenvalue weighted by Crippen LogP contribution is 2.28. The van der Waals surface area contributed by atoms with Gasteiger partial charge in [0.15, 0.2) is 5.65 Å². The summed E-state index contributed by atoms with van der Waals surface area (Å²) in [6.07, 6.45) is 1.63. The van der Waals surface area contributed by atoms with Gasteiger partial charge >= 0.3 is 0 Å². The molecule has 8 nitrogen and oxygen atoms in total. The number of aromatic nitrogens is 3. The smallest absolute Gasteiger partial charge is 0.274 e. The number of imidazole rings is 1. The minimum atomic E-state index is -1.47. The predicted octanol–water partition coefficient (Wildman–Crippen LogP) is 3.49. The lowest BCUT2D eigenvalue weighted by molar-refractivity contribution is -0.152. The van der Waals surface area contributed by atoms with Crippen LogP contribution in [0.2, 0.25) is 0 Å². The van der Waals surface area contributed by atoms with Crippen molar-refractivity contribution in [2.24, 2.45) is 0 Å². The first-order chi connectivity index (χ1) is 16.3. The van der Waals surface area contributed by atoms with Gasteiger partial charge in [-0.05, 0) is 63.9 Å². The number of piperazine rings is 1. The van der Waals surface area contributed by atoms with Crippen molar-refractivity contribution in [1.29, 1.82) is 0 Å². The Morgan fingerprint density at radius 2 is 1.80 bits per heavy atom. The van der Waals surface area contributed by atoms with E-state index < -0.39 is 11.1 Å². The molecule has 0 unspecified atom stereocenters. The standard InChI is InChI=1S/C26H32FN5O3/c1-16(2)19-13-20(17-7-9-18(27)10-8-17)29-32-14-21(28-22(19)32)23(33)31-12-11-30(15-25(31,3)4)24(34)26(5,6)35/h7-10,13-14,16,35H,11-12,15H2,1-6H3. The van der Waals surface area contributed by atoms with Gasteiger partial charge in [-0.15, -0.1) is 0 Å². The van der Waals surface area contributed by atoms with Crippen LogP contribution in [0.1, 0.15) is 63.5 Å². The average molecular weight is 482 g/mol. The fourth-order valence-corrected chi connectivity index (χ4v) is 4.52. The van der Waals surface area contributed by atoms with Crippen LogP contribution in [0.3, 0.4) is 0 Å². The van der Waals surface area contributed by atoms with Crippen LogP contribution in [0, 0.1) is 5.82 Å². The molecule has 1 N–H and O–H groups in total. The largest absolute Gasteiger partial charge is 0.381 e. The number of nitrogens with zero attached hydrogens (tertiary/aromatic N) is 5. The van der Waals surface area contributed by atoms with E-state index in [1.54, 1.807) is 32.6 Å². The first-order valence-corrected chi connectivity index (χ1v) is 11.8. The van der Waals surface area contributed by atoms with Crippen molar-refractivity contribution in [2.75, 3.05) is 19.6 Å². The topological polar surface area (TPSA) is 91.0 Å². The van der Waals surface area contributed by atoms with Crippen molar-refractivity contribution < 1.29 is 19.1 Å². The Kier molecular flexibility index (Phi) is 6.17. The zero-order chi connectivity index (χ0) is 25.7. The van der Waals surface area contributed by atoms with Crippen molar-refractivity contribution in [3.05, 3.63) is 53.6 Å². The molecule has 0 saturated carbocycles. The molecule has 1 aliphatic rings. The van der Waals surface area contributed by atoms with E-state index in [1.165, 1.54) is 26.0 Å². The highest BCUT2D eigenvalue weighted by Gasteiger charge is 2.42. The molecule has 4 rings (SSSR count). The van der Waals surface area contributed by atoms with E-state index in [-0.39, 0.29) is 29.2 Å². The quantitative estimate of drug-likeness (QED) is 0.616. The molecule has 1 aromatic carbocycles. The Bertz CT molecular complexity index is 1270. The van der Waals surface area contributed by atoms with Crippen LogP contribution in [-0.4, -0.2) is 72.1 Å². The van der Waals surface area contributed by atoms with E-state index in [0.717, 1.165) is 11.1 Å². The fourth-order valence-electron chi connectivity index (χ4n) is 4.52. The second kappa shape index (κ2) is 8.71. The summed E-state index contributed by atoms with van der Waals surface area (Å²) in [6.45, 7) is 11.8. The summed E-state index contributed by atoms with van der Waals surface area (Å²) in [5.74, 6) is -0.794. The zero-order valence-corrected chi connectivity index (χ0v) is 21.0. The minimum Gasteiger partial charge on any atom is -0.381 e. The first-order valence-electron chi connectivity index (χ1n) is 11.8. The Hall–Kier alpha value is -3.33. The molecule has 186 valence electrons. The molecule has 1 saturated heterocycles. The lowest BCUT2D eigenvalue weighted by Crippen LogP contribution is -2.64. The van der Waals surface area contributed by atoms with Crippen molar-refractivity contribution in [3.63, 3.8) is 0 Å². The number of halogens is 1. The van der Waals surface area contributed by atoms with Crippen LogP contribution in [0.5, 0.6) is 0 Å². The van der Waals surface area contributed by atoms with Crippen molar-refractivity contribution in [3.8, 4) is 11.3 Å². The molecule has 1 aliphatic heterocycles. The summed E-state index contributed by atoms with van der Waals surface area (Å²) in [5.41, 5.74) is 1.11. The third kappa shape index (κ3) is 4.77. The molecule has 0 atom stereocenters. The van der Waals surface area contributed by atoms with E-state index in [0.29, 0.717) is 31.0 Å². The Balaban J connectivity index is 1.67. The maximum Gasteiger partial charge on any atom is 0.274 e. The summed E-state index contributed by atoms with van der Waals surface area (Å²) in [5, 5.41) is 14.8. The molecule has 0 radical (unpaired) electrons. The van der Waals surface area contributed by atoms with Crippen LogP contribution in [0.15, 0.2) is 36.5 Å². The van der Waals surface area contributed by atoms with Gasteiger partial charge in [0.1, 0.15) is 17.1 Å². The van der Waals surface area contributed by atoms with Gasteiger partial charge in [-0.3, -0.25) is 9.59 Å². The number of hydrogen-bond acceptors (Lipinski definition) is 5. The van der Waals surface area contributed by atoms with Gasteiger partial charge in [0.25, 0.3) is 11.8 Å². The van der Waals surface area contributed by atoms with E-state index in [4.69, 9.17) is 0 Å². The summed E-state index contributed by atoms with van der Waals surface area (Å²) in [6, 6.07) is 8.06.